The SMILES string of the molecule is CCC(C)(NC(=O)C1CC2C=CC1C2)C(=O)O. The molecule has 0 aromatic rings. The van der Waals surface area contributed by atoms with E-state index in [1.165, 1.54) is 0 Å². The number of amides is 1. The molecule has 1 amide bonds. The topological polar surface area (TPSA) is 66.4 Å². The molecule has 0 heterocycles. The summed E-state index contributed by atoms with van der Waals surface area (Å²) in [4.78, 5) is 23.2. The summed E-state index contributed by atoms with van der Waals surface area (Å²) in [6.45, 7) is 3.34. The molecule has 2 aliphatic carbocycles. The van der Waals surface area contributed by atoms with E-state index < -0.39 is 11.5 Å². The molecule has 0 radical (unpaired) electrons. The number of hydrogen-bond acceptors (Lipinski definition) is 2. The molecule has 2 aliphatic rings. The van der Waals surface area contributed by atoms with Gasteiger partial charge < -0.3 is 10.4 Å². The number of carboxylic acids is 1. The molecule has 1 fully saturated rings. The van der Waals surface area contributed by atoms with Gasteiger partial charge in [0.05, 0.1) is 0 Å². The van der Waals surface area contributed by atoms with Crippen molar-refractivity contribution < 1.29 is 14.7 Å². The smallest absolute Gasteiger partial charge is 0.329 e. The number of carboxylic acid groups (broad SMARTS) is 1. The minimum Gasteiger partial charge on any atom is -0.480 e. The molecule has 2 bridgehead atoms. The molecule has 4 atom stereocenters. The number of carbonyl (C=O) groups is 2. The molecule has 0 spiro atoms. The maximum absolute atomic E-state index is 12.1. The summed E-state index contributed by atoms with van der Waals surface area (Å²) in [5.74, 6) is -0.265. The number of carbonyl (C=O) groups excluding carboxylic acids is 1. The molecular weight excluding hydrogens is 218 g/mol. The Morgan fingerprint density at radius 3 is 2.53 bits per heavy atom. The summed E-state index contributed by atoms with van der Waals surface area (Å²) in [5.41, 5.74) is -1.14. The van der Waals surface area contributed by atoms with E-state index in [4.69, 9.17) is 5.11 Å². The highest BCUT2D eigenvalue weighted by Crippen LogP contribution is 2.43. The molecule has 94 valence electrons. The molecule has 4 unspecified atom stereocenters. The third-order valence-corrected chi connectivity index (χ3v) is 4.19. The molecule has 0 aromatic heterocycles. The highest BCUT2D eigenvalue weighted by molar-refractivity contribution is 5.88. The molecule has 4 heteroatoms. The zero-order valence-corrected chi connectivity index (χ0v) is 10.3. The Bertz CT molecular complexity index is 377. The molecule has 0 saturated heterocycles. The van der Waals surface area contributed by atoms with Gasteiger partial charge in [-0.15, -0.1) is 0 Å². The maximum atomic E-state index is 12.1. The van der Waals surface area contributed by atoms with Crippen molar-refractivity contribution >= 4 is 11.9 Å². The fourth-order valence-corrected chi connectivity index (χ4v) is 2.74. The second kappa shape index (κ2) is 4.17. The molecular formula is C13H19NO3. The summed E-state index contributed by atoms with van der Waals surface area (Å²) in [6, 6.07) is 0. The molecule has 0 aliphatic heterocycles. The normalized spacial score (nSPS) is 33.4. The lowest BCUT2D eigenvalue weighted by atomic mass is 9.90. The van der Waals surface area contributed by atoms with E-state index in [0.717, 1.165) is 12.8 Å². The average molecular weight is 237 g/mol. The quantitative estimate of drug-likeness (QED) is 0.729. The second-order valence-electron chi connectivity index (χ2n) is 5.37. The standard InChI is InChI=1S/C13H19NO3/c1-3-13(2,12(16)17)14-11(15)10-7-8-4-5-9(10)6-8/h4-5,8-10H,3,6-7H2,1-2H3,(H,14,15)(H,16,17). The van der Waals surface area contributed by atoms with Gasteiger partial charge >= 0.3 is 5.97 Å². The third-order valence-electron chi connectivity index (χ3n) is 4.19. The van der Waals surface area contributed by atoms with Gasteiger partial charge in [-0.25, -0.2) is 4.79 Å². The Labute approximate surface area is 101 Å². The monoisotopic (exact) mass is 237 g/mol. The number of hydrogen-bond donors (Lipinski definition) is 2. The maximum Gasteiger partial charge on any atom is 0.329 e. The van der Waals surface area contributed by atoms with Crippen molar-refractivity contribution in [3.63, 3.8) is 0 Å². The minimum atomic E-state index is -1.14. The lowest BCUT2D eigenvalue weighted by Gasteiger charge is -2.28. The van der Waals surface area contributed by atoms with Crippen molar-refractivity contribution in [3.05, 3.63) is 12.2 Å². The zero-order chi connectivity index (χ0) is 12.6. The highest BCUT2D eigenvalue weighted by Gasteiger charge is 2.42. The Kier molecular flexibility index (Phi) is 2.98. The van der Waals surface area contributed by atoms with Crippen molar-refractivity contribution in [2.75, 3.05) is 0 Å². The van der Waals surface area contributed by atoms with Crippen molar-refractivity contribution in [3.8, 4) is 0 Å². The minimum absolute atomic E-state index is 0.0322. The lowest BCUT2D eigenvalue weighted by molar-refractivity contribution is -0.147. The van der Waals surface area contributed by atoms with E-state index >= 15 is 0 Å². The third kappa shape index (κ3) is 2.08. The van der Waals surface area contributed by atoms with Crippen LogP contribution in [-0.4, -0.2) is 22.5 Å². The molecule has 2 rings (SSSR count). The second-order valence-corrected chi connectivity index (χ2v) is 5.37. The summed E-state index contributed by atoms with van der Waals surface area (Å²) in [7, 11) is 0. The first-order valence-corrected chi connectivity index (χ1v) is 6.20. The van der Waals surface area contributed by atoms with Crippen LogP contribution in [0.5, 0.6) is 0 Å². The van der Waals surface area contributed by atoms with Crippen molar-refractivity contribution in [2.24, 2.45) is 17.8 Å². The first-order chi connectivity index (χ1) is 7.96. The van der Waals surface area contributed by atoms with Gasteiger partial charge in [-0.1, -0.05) is 19.1 Å². The van der Waals surface area contributed by atoms with Crippen LogP contribution in [0.15, 0.2) is 12.2 Å². The van der Waals surface area contributed by atoms with Crippen LogP contribution < -0.4 is 5.32 Å². The molecule has 4 nitrogen and oxygen atoms in total. The Morgan fingerprint density at radius 2 is 2.12 bits per heavy atom. The summed E-state index contributed by atoms with van der Waals surface area (Å²) < 4.78 is 0. The van der Waals surface area contributed by atoms with Crippen molar-refractivity contribution in [2.45, 2.75) is 38.6 Å². The number of aliphatic carboxylic acids is 1. The molecule has 1 saturated carbocycles. The Morgan fingerprint density at radius 1 is 1.41 bits per heavy atom. The first-order valence-electron chi connectivity index (χ1n) is 6.20. The van der Waals surface area contributed by atoms with E-state index in [-0.39, 0.29) is 11.8 Å². The number of nitrogens with one attached hydrogen (secondary N) is 1. The van der Waals surface area contributed by atoms with Gasteiger partial charge in [0.25, 0.3) is 0 Å². The summed E-state index contributed by atoms with van der Waals surface area (Å²) in [6.07, 6.45) is 6.58. The largest absolute Gasteiger partial charge is 0.480 e. The van der Waals surface area contributed by atoms with Crippen LogP contribution in [0.25, 0.3) is 0 Å². The number of rotatable bonds is 4. The van der Waals surface area contributed by atoms with Crippen LogP contribution in [-0.2, 0) is 9.59 Å². The van der Waals surface area contributed by atoms with Gasteiger partial charge in [-0.05, 0) is 38.0 Å². The van der Waals surface area contributed by atoms with Crippen molar-refractivity contribution in [1.29, 1.82) is 0 Å². The predicted octanol–water partition coefficient (Wildman–Crippen LogP) is 1.57. The fourth-order valence-electron chi connectivity index (χ4n) is 2.74. The van der Waals surface area contributed by atoms with E-state index in [9.17, 15) is 9.59 Å². The van der Waals surface area contributed by atoms with E-state index in [0.29, 0.717) is 18.3 Å². The number of fused-ring (bicyclic) bond motifs is 2. The Hall–Kier alpha value is -1.32. The first kappa shape index (κ1) is 12.1. The van der Waals surface area contributed by atoms with Gasteiger partial charge in [0.15, 0.2) is 0 Å². The van der Waals surface area contributed by atoms with E-state index in [2.05, 4.69) is 17.5 Å². The molecule has 17 heavy (non-hydrogen) atoms. The van der Waals surface area contributed by atoms with Crippen LogP contribution >= 0.6 is 0 Å². The van der Waals surface area contributed by atoms with Gasteiger partial charge in [-0.2, -0.15) is 0 Å². The summed E-state index contributed by atoms with van der Waals surface area (Å²) in [5, 5.41) is 11.8. The van der Waals surface area contributed by atoms with Crippen LogP contribution in [0.4, 0.5) is 0 Å². The van der Waals surface area contributed by atoms with E-state index in [1.54, 1.807) is 13.8 Å². The molecule has 0 aromatic carbocycles. The highest BCUT2D eigenvalue weighted by atomic mass is 16.4. The zero-order valence-electron chi connectivity index (χ0n) is 10.3. The van der Waals surface area contributed by atoms with Gasteiger partial charge in [0.2, 0.25) is 5.91 Å². The van der Waals surface area contributed by atoms with Gasteiger partial charge in [0, 0.05) is 5.92 Å². The van der Waals surface area contributed by atoms with Crippen LogP contribution in [0.2, 0.25) is 0 Å². The van der Waals surface area contributed by atoms with Gasteiger partial charge in [-0.3, -0.25) is 4.79 Å². The van der Waals surface area contributed by atoms with Gasteiger partial charge in [0.1, 0.15) is 5.54 Å². The van der Waals surface area contributed by atoms with Crippen molar-refractivity contribution in [1.82, 2.24) is 5.32 Å². The van der Waals surface area contributed by atoms with Crippen LogP contribution in [0.3, 0.4) is 0 Å². The Balaban J connectivity index is 2.02. The van der Waals surface area contributed by atoms with Crippen LogP contribution in [0, 0.1) is 17.8 Å². The molecule has 2 N–H and O–H groups in total. The fraction of sp³-hybridized carbons (Fsp3) is 0.692. The summed E-state index contributed by atoms with van der Waals surface area (Å²) >= 11 is 0. The average Bonchev–Trinajstić information content (AvgIpc) is 2.90. The lowest BCUT2D eigenvalue weighted by Crippen LogP contribution is -2.53. The van der Waals surface area contributed by atoms with E-state index in [1.807, 2.05) is 0 Å². The van der Waals surface area contributed by atoms with Crippen LogP contribution in [0.1, 0.15) is 33.1 Å². The predicted molar refractivity (Wildman–Crippen MR) is 63.3 cm³/mol. The number of allylic oxidation sites excluding steroid dienone is 2.